The molecule has 0 amide bonds. The van der Waals surface area contributed by atoms with Crippen LogP contribution < -0.4 is 10.1 Å². The number of rotatable bonds is 5. The lowest BCUT2D eigenvalue weighted by Crippen LogP contribution is -2.35. The predicted molar refractivity (Wildman–Crippen MR) is 66.4 cm³/mol. The van der Waals surface area contributed by atoms with E-state index < -0.39 is 12.0 Å². The van der Waals surface area contributed by atoms with Gasteiger partial charge in [-0.3, -0.25) is 10.1 Å². The van der Waals surface area contributed by atoms with Crippen molar-refractivity contribution in [2.24, 2.45) is 0 Å². The van der Waals surface area contributed by atoms with E-state index in [0.29, 0.717) is 0 Å². The summed E-state index contributed by atoms with van der Waals surface area (Å²) in [5.74, 6) is -0.0864. The topological polar surface area (TPSA) is 58.6 Å². The number of ether oxygens (including phenoxy) is 1. The van der Waals surface area contributed by atoms with E-state index in [0.717, 1.165) is 16.9 Å². The third-order valence-electron chi connectivity index (χ3n) is 2.72. The summed E-state index contributed by atoms with van der Waals surface area (Å²) in [4.78, 5) is 10.8. The monoisotopic (exact) mass is 237 g/mol. The molecule has 0 bridgehead atoms. The second-order valence-electron chi connectivity index (χ2n) is 4.19. The molecule has 0 spiro atoms. The van der Waals surface area contributed by atoms with Gasteiger partial charge in [0.15, 0.2) is 0 Å². The average Bonchev–Trinajstić information content (AvgIpc) is 2.28. The van der Waals surface area contributed by atoms with Gasteiger partial charge in [0.25, 0.3) is 0 Å². The minimum Gasteiger partial charge on any atom is -0.496 e. The van der Waals surface area contributed by atoms with Crippen LogP contribution in [0.1, 0.15) is 31.0 Å². The molecule has 0 aliphatic heterocycles. The van der Waals surface area contributed by atoms with Gasteiger partial charge in [-0.05, 0) is 26.8 Å². The van der Waals surface area contributed by atoms with Crippen molar-refractivity contribution in [1.82, 2.24) is 5.32 Å². The lowest BCUT2D eigenvalue weighted by molar-refractivity contribution is -0.139. The first-order valence-corrected chi connectivity index (χ1v) is 5.59. The molecule has 0 heterocycles. The molecule has 94 valence electrons. The van der Waals surface area contributed by atoms with Gasteiger partial charge in [0.2, 0.25) is 0 Å². The molecule has 17 heavy (non-hydrogen) atoms. The number of carboxylic acids is 1. The quantitative estimate of drug-likeness (QED) is 0.823. The van der Waals surface area contributed by atoms with Crippen LogP contribution in [0.4, 0.5) is 0 Å². The Balaban J connectivity index is 2.90. The Bertz CT molecular complexity index is 404. The van der Waals surface area contributed by atoms with E-state index in [1.807, 2.05) is 32.0 Å². The number of methoxy groups -OCH3 is 1. The first-order chi connectivity index (χ1) is 7.95. The molecule has 1 rings (SSSR count). The molecule has 0 saturated carbocycles. The Hall–Kier alpha value is -1.55. The van der Waals surface area contributed by atoms with Crippen LogP contribution in [0.2, 0.25) is 0 Å². The zero-order chi connectivity index (χ0) is 13.0. The number of hydrogen-bond acceptors (Lipinski definition) is 3. The van der Waals surface area contributed by atoms with Gasteiger partial charge in [0, 0.05) is 11.6 Å². The normalized spacial score (nSPS) is 14.1. The summed E-state index contributed by atoms with van der Waals surface area (Å²) >= 11 is 0. The molecular weight excluding hydrogens is 218 g/mol. The second kappa shape index (κ2) is 5.68. The highest BCUT2D eigenvalue weighted by molar-refractivity contribution is 5.72. The first-order valence-electron chi connectivity index (χ1n) is 5.59. The smallest absolute Gasteiger partial charge is 0.320 e. The molecule has 1 aromatic carbocycles. The number of benzene rings is 1. The van der Waals surface area contributed by atoms with Gasteiger partial charge < -0.3 is 9.84 Å². The zero-order valence-electron chi connectivity index (χ0n) is 10.7. The Morgan fingerprint density at radius 3 is 2.59 bits per heavy atom. The molecule has 4 heteroatoms. The van der Waals surface area contributed by atoms with E-state index in [-0.39, 0.29) is 6.04 Å². The Morgan fingerprint density at radius 1 is 1.41 bits per heavy atom. The number of aliphatic carboxylic acids is 1. The van der Waals surface area contributed by atoms with E-state index >= 15 is 0 Å². The van der Waals surface area contributed by atoms with E-state index in [9.17, 15) is 4.79 Å². The van der Waals surface area contributed by atoms with E-state index in [4.69, 9.17) is 9.84 Å². The van der Waals surface area contributed by atoms with Gasteiger partial charge in [0.1, 0.15) is 11.8 Å². The van der Waals surface area contributed by atoms with Crippen LogP contribution in [0.15, 0.2) is 18.2 Å². The lowest BCUT2D eigenvalue weighted by atomic mass is 10.0. The van der Waals surface area contributed by atoms with Crippen LogP contribution >= 0.6 is 0 Å². The van der Waals surface area contributed by atoms with Crippen molar-refractivity contribution in [2.75, 3.05) is 7.11 Å². The van der Waals surface area contributed by atoms with Gasteiger partial charge >= 0.3 is 5.97 Å². The first kappa shape index (κ1) is 13.5. The van der Waals surface area contributed by atoms with Gasteiger partial charge in [-0.25, -0.2) is 0 Å². The van der Waals surface area contributed by atoms with E-state index in [2.05, 4.69) is 5.32 Å². The molecule has 2 N–H and O–H groups in total. The summed E-state index contributed by atoms with van der Waals surface area (Å²) < 4.78 is 5.28. The maximum atomic E-state index is 10.8. The van der Waals surface area contributed by atoms with E-state index in [1.165, 1.54) is 0 Å². The van der Waals surface area contributed by atoms with Crippen LogP contribution in [0.5, 0.6) is 5.75 Å². The summed E-state index contributed by atoms with van der Waals surface area (Å²) in [6.45, 7) is 5.55. The standard InChI is InChI=1S/C13H19NO3/c1-8-5-6-12(17-4)11(7-8)9(2)14-10(3)13(15)16/h5-7,9-10,14H,1-4H3,(H,15,16). The highest BCUT2D eigenvalue weighted by atomic mass is 16.5. The molecule has 4 nitrogen and oxygen atoms in total. The van der Waals surface area contributed by atoms with Crippen molar-refractivity contribution in [1.29, 1.82) is 0 Å². The molecule has 2 unspecified atom stereocenters. The predicted octanol–water partition coefficient (Wildman–Crippen LogP) is 2.13. The summed E-state index contributed by atoms with van der Waals surface area (Å²) in [5.41, 5.74) is 2.10. The zero-order valence-corrected chi connectivity index (χ0v) is 10.7. The molecule has 0 fully saturated rings. The Labute approximate surface area is 102 Å². The lowest BCUT2D eigenvalue weighted by Gasteiger charge is -2.20. The molecule has 0 radical (unpaired) electrons. The minimum atomic E-state index is -0.858. The SMILES string of the molecule is COc1ccc(C)cc1C(C)NC(C)C(=O)O. The van der Waals surface area contributed by atoms with Crippen LogP contribution in [0, 0.1) is 6.92 Å². The Morgan fingerprint density at radius 2 is 2.06 bits per heavy atom. The maximum Gasteiger partial charge on any atom is 0.320 e. The van der Waals surface area contributed by atoms with Crippen LogP contribution in [0.3, 0.4) is 0 Å². The highest BCUT2D eigenvalue weighted by Crippen LogP contribution is 2.26. The fourth-order valence-electron chi connectivity index (χ4n) is 1.73. The minimum absolute atomic E-state index is 0.0732. The molecule has 1 aromatic rings. The Kier molecular flexibility index (Phi) is 4.52. The number of aryl methyl sites for hydroxylation is 1. The molecule has 0 aromatic heterocycles. The van der Waals surface area contributed by atoms with Gasteiger partial charge in [-0.15, -0.1) is 0 Å². The fraction of sp³-hybridized carbons (Fsp3) is 0.462. The largest absolute Gasteiger partial charge is 0.496 e. The molecule has 0 aliphatic rings. The molecular formula is C13H19NO3. The van der Waals surface area contributed by atoms with Gasteiger partial charge in [-0.1, -0.05) is 17.7 Å². The number of nitrogens with one attached hydrogen (secondary N) is 1. The van der Waals surface area contributed by atoms with Gasteiger partial charge in [0.05, 0.1) is 7.11 Å². The third kappa shape index (κ3) is 3.46. The number of hydrogen-bond donors (Lipinski definition) is 2. The van der Waals surface area contributed by atoms with Crippen LogP contribution in [-0.2, 0) is 4.79 Å². The third-order valence-corrected chi connectivity index (χ3v) is 2.72. The summed E-state index contributed by atoms with van der Waals surface area (Å²) in [7, 11) is 1.61. The van der Waals surface area contributed by atoms with Crippen molar-refractivity contribution in [3.8, 4) is 5.75 Å². The van der Waals surface area contributed by atoms with E-state index in [1.54, 1.807) is 14.0 Å². The summed E-state index contributed by atoms with van der Waals surface area (Å²) in [5, 5.41) is 11.9. The van der Waals surface area contributed by atoms with Crippen LogP contribution in [0.25, 0.3) is 0 Å². The second-order valence-corrected chi connectivity index (χ2v) is 4.19. The number of carbonyl (C=O) groups is 1. The summed E-state index contributed by atoms with van der Waals surface area (Å²) in [6.07, 6.45) is 0. The molecule has 0 aliphatic carbocycles. The fourth-order valence-corrected chi connectivity index (χ4v) is 1.73. The average molecular weight is 237 g/mol. The van der Waals surface area contributed by atoms with Crippen molar-refractivity contribution >= 4 is 5.97 Å². The van der Waals surface area contributed by atoms with Crippen LogP contribution in [-0.4, -0.2) is 24.2 Å². The molecule has 0 saturated heterocycles. The highest BCUT2D eigenvalue weighted by Gasteiger charge is 2.17. The maximum absolute atomic E-state index is 10.8. The van der Waals surface area contributed by atoms with Crippen molar-refractivity contribution in [3.05, 3.63) is 29.3 Å². The van der Waals surface area contributed by atoms with Crippen molar-refractivity contribution in [2.45, 2.75) is 32.9 Å². The number of carboxylic acid groups (broad SMARTS) is 1. The van der Waals surface area contributed by atoms with Gasteiger partial charge in [-0.2, -0.15) is 0 Å². The van der Waals surface area contributed by atoms with Crippen molar-refractivity contribution in [3.63, 3.8) is 0 Å². The molecule has 2 atom stereocenters. The van der Waals surface area contributed by atoms with Crippen molar-refractivity contribution < 1.29 is 14.6 Å². The summed E-state index contributed by atoms with van der Waals surface area (Å²) in [6, 6.07) is 5.21.